The van der Waals surface area contributed by atoms with Crippen LogP contribution in [0.15, 0.2) is 6.20 Å². The molecule has 0 saturated heterocycles. The quantitative estimate of drug-likeness (QED) is 0.805. The summed E-state index contributed by atoms with van der Waals surface area (Å²) in [4.78, 5) is 5.48. The first-order chi connectivity index (χ1) is 7.52. The number of hydrogen-bond acceptors (Lipinski definition) is 4. The van der Waals surface area contributed by atoms with E-state index < -0.39 is 0 Å². The molecular formula is C12H22N2OS. The monoisotopic (exact) mass is 242 g/mol. The molecule has 0 spiro atoms. The molecule has 1 aromatic rings. The van der Waals surface area contributed by atoms with Crippen molar-refractivity contribution < 1.29 is 5.11 Å². The van der Waals surface area contributed by atoms with Crippen molar-refractivity contribution in [2.45, 2.75) is 46.2 Å². The molecule has 0 bridgehead atoms. The van der Waals surface area contributed by atoms with Gasteiger partial charge in [-0.05, 0) is 26.2 Å². The summed E-state index contributed by atoms with van der Waals surface area (Å²) >= 11 is 1.71. The third kappa shape index (κ3) is 4.20. The van der Waals surface area contributed by atoms with Gasteiger partial charge in [0.15, 0.2) is 0 Å². The van der Waals surface area contributed by atoms with Crippen molar-refractivity contribution in [3.8, 4) is 0 Å². The maximum Gasteiger partial charge on any atom is 0.0897 e. The van der Waals surface area contributed by atoms with Crippen LogP contribution in [0, 0.1) is 12.8 Å². The van der Waals surface area contributed by atoms with E-state index in [4.69, 9.17) is 0 Å². The van der Waals surface area contributed by atoms with E-state index in [1.807, 2.05) is 13.1 Å². The fourth-order valence-electron chi connectivity index (χ4n) is 1.78. The normalized spacial score (nSPS) is 15.4. The first kappa shape index (κ1) is 13.6. The van der Waals surface area contributed by atoms with Crippen LogP contribution in [0.5, 0.6) is 0 Å². The van der Waals surface area contributed by atoms with Crippen LogP contribution in [0.25, 0.3) is 0 Å². The van der Waals surface area contributed by atoms with Crippen molar-refractivity contribution in [1.29, 1.82) is 0 Å². The molecule has 1 rings (SSSR count). The molecule has 0 fully saturated rings. The Bertz CT molecular complexity index is 312. The van der Waals surface area contributed by atoms with Crippen molar-refractivity contribution in [2.24, 2.45) is 5.92 Å². The molecule has 0 aliphatic heterocycles. The largest absolute Gasteiger partial charge is 0.395 e. The molecule has 0 saturated carbocycles. The summed E-state index contributed by atoms with van der Waals surface area (Å²) in [6.45, 7) is 8.67. The Hall–Kier alpha value is -0.450. The molecule has 2 N–H and O–H groups in total. The number of thiazole rings is 1. The molecule has 16 heavy (non-hydrogen) atoms. The number of aliphatic hydroxyl groups is 1. The summed E-state index contributed by atoms with van der Waals surface area (Å²) in [6, 6.07) is 0.444. The highest BCUT2D eigenvalue weighted by atomic mass is 32.1. The van der Waals surface area contributed by atoms with E-state index in [0.717, 1.165) is 11.4 Å². The van der Waals surface area contributed by atoms with Crippen LogP contribution in [0.4, 0.5) is 0 Å². The summed E-state index contributed by atoms with van der Waals surface area (Å²) < 4.78 is 0. The zero-order chi connectivity index (χ0) is 12.1. The molecule has 0 aliphatic rings. The Labute approximate surface area is 102 Å². The van der Waals surface area contributed by atoms with Crippen molar-refractivity contribution in [3.05, 3.63) is 16.1 Å². The van der Waals surface area contributed by atoms with Crippen molar-refractivity contribution in [1.82, 2.24) is 10.3 Å². The lowest BCUT2D eigenvalue weighted by atomic mass is 10.0. The maximum atomic E-state index is 9.30. The second-order valence-corrected chi connectivity index (χ2v) is 5.95. The molecule has 1 heterocycles. The standard InChI is InChI=1S/C12H22N2OS/c1-8(2)5-11(7-15)14-9(3)12-6-13-10(4)16-12/h6,8-9,11,14-15H,5,7H2,1-4H3. The Morgan fingerprint density at radius 2 is 2.12 bits per heavy atom. The van der Waals surface area contributed by atoms with Crippen LogP contribution in [0.3, 0.4) is 0 Å². The summed E-state index contributed by atoms with van der Waals surface area (Å²) in [7, 11) is 0. The van der Waals surface area contributed by atoms with Crippen molar-refractivity contribution in [3.63, 3.8) is 0 Å². The zero-order valence-electron chi connectivity index (χ0n) is 10.5. The summed E-state index contributed by atoms with van der Waals surface area (Å²) in [5.41, 5.74) is 0. The van der Waals surface area contributed by atoms with Gasteiger partial charge in [0, 0.05) is 23.2 Å². The van der Waals surface area contributed by atoms with Crippen LogP contribution in [-0.4, -0.2) is 22.7 Å². The molecule has 2 unspecified atom stereocenters. The van der Waals surface area contributed by atoms with Gasteiger partial charge in [0.25, 0.3) is 0 Å². The number of nitrogens with zero attached hydrogens (tertiary/aromatic N) is 1. The molecule has 2 atom stereocenters. The summed E-state index contributed by atoms with van der Waals surface area (Å²) in [6.07, 6.45) is 2.92. The highest BCUT2D eigenvalue weighted by Gasteiger charge is 2.15. The SMILES string of the molecule is Cc1ncc(C(C)NC(CO)CC(C)C)s1. The lowest BCUT2D eigenvalue weighted by Gasteiger charge is -2.22. The van der Waals surface area contributed by atoms with Crippen LogP contribution in [0.1, 0.15) is 43.1 Å². The van der Waals surface area contributed by atoms with Crippen molar-refractivity contribution >= 4 is 11.3 Å². The zero-order valence-corrected chi connectivity index (χ0v) is 11.3. The molecule has 0 amide bonds. The lowest BCUT2D eigenvalue weighted by molar-refractivity contribution is 0.216. The third-order valence-corrected chi connectivity index (χ3v) is 3.62. The Morgan fingerprint density at radius 1 is 1.44 bits per heavy atom. The molecule has 4 heteroatoms. The van der Waals surface area contributed by atoms with Crippen LogP contribution >= 0.6 is 11.3 Å². The highest BCUT2D eigenvalue weighted by Crippen LogP contribution is 2.21. The van der Waals surface area contributed by atoms with Gasteiger partial charge in [-0.3, -0.25) is 0 Å². The fraction of sp³-hybridized carbons (Fsp3) is 0.750. The Balaban J connectivity index is 2.51. The minimum atomic E-state index is 0.178. The van der Waals surface area contributed by atoms with E-state index in [-0.39, 0.29) is 18.7 Å². The van der Waals surface area contributed by atoms with Crippen LogP contribution in [-0.2, 0) is 0 Å². The summed E-state index contributed by atoms with van der Waals surface area (Å²) in [5.74, 6) is 0.597. The smallest absolute Gasteiger partial charge is 0.0897 e. The predicted molar refractivity (Wildman–Crippen MR) is 68.7 cm³/mol. The Kier molecular flexibility index (Phi) is 5.38. The van der Waals surface area contributed by atoms with Gasteiger partial charge >= 0.3 is 0 Å². The number of rotatable bonds is 6. The van der Waals surface area contributed by atoms with Crippen LogP contribution in [0.2, 0.25) is 0 Å². The molecular weight excluding hydrogens is 220 g/mol. The van der Waals surface area contributed by atoms with Gasteiger partial charge in [0.2, 0.25) is 0 Å². The van der Waals surface area contributed by atoms with Gasteiger partial charge in [-0.15, -0.1) is 11.3 Å². The van der Waals surface area contributed by atoms with E-state index in [1.165, 1.54) is 4.88 Å². The maximum absolute atomic E-state index is 9.30. The fourth-order valence-corrected chi connectivity index (χ4v) is 2.57. The lowest BCUT2D eigenvalue weighted by Crippen LogP contribution is -2.35. The van der Waals surface area contributed by atoms with E-state index in [2.05, 4.69) is 31.1 Å². The second-order valence-electron chi connectivity index (χ2n) is 4.68. The molecule has 92 valence electrons. The number of hydrogen-bond donors (Lipinski definition) is 2. The van der Waals surface area contributed by atoms with E-state index in [1.54, 1.807) is 11.3 Å². The van der Waals surface area contributed by atoms with Gasteiger partial charge in [-0.25, -0.2) is 4.98 Å². The average Bonchev–Trinajstić information content (AvgIpc) is 2.63. The molecule has 0 aromatic carbocycles. The van der Waals surface area contributed by atoms with Crippen molar-refractivity contribution in [2.75, 3.05) is 6.61 Å². The highest BCUT2D eigenvalue weighted by molar-refractivity contribution is 7.11. The van der Waals surface area contributed by atoms with E-state index in [9.17, 15) is 5.11 Å². The first-order valence-electron chi connectivity index (χ1n) is 5.82. The molecule has 3 nitrogen and oxygen atoms in total. The number of aromatic nitrogens is 1. The van der Waals surface area contributed by atoms with E-state index >= 15 is 0 Å². The molecule has 0 radical (unpaired) electrons. The van der Waals surface area contributed by atoms with E-state index in [0.29, 0.717) is 5.92 Å². The number of aliphatic hydroxyl groups excluding tert-OH is 1. The second kappa shape index (κ2) is 6.33. The van der Waals surface area contributed by atoms with Gasteiger partial charge in [-0.1, -0.05) is 13.8 Å². The van der Waals surface area contributed by atoms with Crippen LogP contribution < -0.4 is 5.32 Å². The topological polar surface area (TPSA) is 45.2 Å². The molecule has 0 aliphatic carbocycles. The third-order valence-electron chi connectivity index (χ3n) is 2.53. The minimum absolute atomic E-state index is 0.178. The average molecular weight is 242 g/mol. The van der Waals surface area contributed by atoms with Gasteiger partial charge in [-0.2, -0.15) is 0 Å². The number of aryl methyl sites for hydroxylation is 1. The number of nitrogens with one attached hydrogen (secondary N) is 1. The minimum Gasteiger partial charge on any atom is -0.395 e. The van der Waals surface area contributed by atoms with Gasteiger partial charge in [0.05, 0.1) is 11.6 Å². The molecule has 1 aromatic heterocycles. The predicted octanol–water partition coefficient (Wildman–Crippen LogP) is 2.51. The Morgan fingerprint density at radius 3 is 2.56 bits per heavy atom. The first-order valence-corrected chi connectivity index (χ1v) is 6.63. The summed E-state index contributed by atoms with van der Waals surface area (Å²) in [5, 5.41) is 13.8. The van der Waals surface area contributed by atoms with Gasteiger partial charge < -0.3 is 10.4 Å². The van der Waals surface area contributed by atoms with Gasteiger partial charge in [0.1, 0.15) is 0 Å².